The Hall–Kier alpha value is -3.06. The van der Waals surface area contributed by atoms with E-state index < -0.39 is 0 Å². The minimum Gasteiger partial charge on any atom is -0.497 e. The van der Waals surface area contributed by atoms with Gasteiger partial charge in [0.1, 0.15) is 11.5 Å². The van der Waals surface area contributed by atoms with Gasteiger partial charge in [-0.1, -0.05) is 22.8 Å². The first-order valence-corrected chi connectivity index (χ1v) is 8.07. The van der Waals surface area contributed by atoms with Crippen molar-refractivity contribution in [1.82, 2.24) is 15.5 Å². The van der Waals surface area contributed by atoms with E-state index >= 15 is 0 Å². The van der Waals surface area contributed by atoms with Crippen LogP contribution in [0.15, 0.2) is 47.0 Å². The Morgan fingerprint density at radius 3 is 2.77 bits per heavy atom. The zero-order valence-electron chi connectivity index (χ0n) is 14.2. The highest BCUT2D eigenvalue weighted by Crippen LogP contribution is 2.24. The molecule has 0 saturated carbocycles. The molecule has 1 N–H and O–H groups in total. The number of hydrogen-bond donors (Lipinski definition) is 1. The molecule has 8 heteroatoms. The lowest BCUT2D eigenvalue weighted by atomic mass is 10.1. The van der Waals surface area contributed by atoms with E-state index in [2.05, 4.69) is 15.5 Å². The summed E-state index contributed by atoms with van der Waals surface area (Å²) in [4.78, 5) is 16.6. The fraction of sp³-hybridized carbons (Fsp3) is 0.167. The number of carbonyl (C=O) groups is 1. The molecule has 1 aromatic heterocycles. The molecule has 0 aliphatic rings. The highest BCUT2D eigenvalue weighted by molar-refractivity contribution is 6.30. The summed E-state index contributed by atoms with van der Waals surface area (Å²) in [6.07, 6.45) is 0. The van der Waals surface area contributed by atoms with Crippen LogP contribution in [0.4, 0.5) is 0 Å². The maximum Gasteiger partial charge on any atom is 0.258 e. The maximum absolute atomic E-state index is 12.4. The molecule has 0 saturated heterocycles. The van der Waals surface area contributed by atoms with Gasteiger partial charge in [-0.05, 0) is 30.3 Å². The lowest BCUT2D eigenvalue weighted by molar-refractivity contribution is 0.0946. The van der Waals surface area contributed by atoms with Crippen molar-refractivity contribution in [3.05, 3.63) is 58.9 Å². The fourth-order valence-electron chi connectivity index (χ4n) is 2.31. The lowest BCUT2D eigenvalue weighted by Crippen LogP contribution is -2.24. The molecule has 2 aromatic carbocycles. The summed E-state index contributed by atoms with van der Waals surface area (Å²) in [6.45, 7) is 0.109. The molecule has 0 fully saturated rings. The van der Waals surface area contributed by atoms with Crippen LogP contribution in [0.25, 0.3) is 11.5 Å². The van der Waals surface area contributed by atoms with Gasteiger partial charge in [0.25, 0.3) is 11.8 Å². The average Bonchev–Trinajstić information content (AvgIpc) is 3.14. The van der Waals surface area contributed by atoms with Gasteiger partial charge in [-0.3, -0.25) is 4.79 Å². The molecule has 3 rings (SSSR count). The topological polar surface area (TPSA) is 86.5 Å². The van der Waals surface area contributed by atoms with Crippen molar-refractivity contribution in [3.63, 3.8) is 0 Å². The number of nitrogens with one attached hydrogen (secondary N) is 1. The third kappa shape index (κ3) is 3.94. The molecule has 0 spiro atoms. The van der Waals surface area contributed by atoms with Gasteiger partial charge in [0, 0.05) is 16.7 Å². The first-order valence-electron chi connectivity index (χ1n) is 7.69. The highest BCUT2D eigenvalue weighted by Gasteiger charge is 2.15. The molecule has 1 amide bonds. The first-order chi connectivity index (χ1) is 12.6. The number of hydrogen-bond acceptors (Lipinski definition) is 6. The van der Waals surface area contributed by atoms with Crippen LogP contribution < -0.4 is 14.8 Å². The molecule has 0 aliphatic carbocycles. The van der Waals surface area contributed by atoms with Crippen molar-refractivity contribution < 1.29 is 18.8 Å². The standard InChI is InChI=1S/C18H16ClN3O4/c1-24-13-6-7-14(15(9-13)25-2)17(23)20-10-16-21-18(26-22-16)11-4-3-5-12(19)8-11/h3-9H,10H2,1-2H3,(H,20,23). The quantitative estimate of drug-likeness (QED) is 0.713. The van der Waals surface area contributed by atoms with Crippen molar-refractivity contribution in [1.29, 1.82) is 0 Å². The second-order valence-electron chi connectivity index (χ2n) is 5.27. The number of halogens is 1. The van der Waals surface area contributed by atoms with Gasteiger partial charge in [-0.2, -0.15) is 4.98 Å². The Balaban J connectivity index is 1.69. The highest BCUT2D eigenvalue weighted by atomic mass is 35.5. The SMILES string of the molecule is COc1ccc(C(=O)NCc2noc(-c3cccc(Cl)c3)n2)c(OC)c1. The second-order valence-corrected chi connectivity index (χ2v) is 5.71. The number of ether oxygens (including phenoxy) is 2. The molecule has 26 heavy (non-hydrogen) atoms. The van der Waals surface area contributed by atoms with Gasteiger partial charge in [0.05, 0.1) is 26.3 Å². The van der Waals surface area contributed by atoms with Crippen LogP contribution in [0.2, 0.25) is 5.02 Å². The second kappa shape index (κ2) is 7.88. The molecular weight excluding hydrogens is 358 g/mol. The van der Waals surface area contributed by atoms with E-state index in [-0.39, 0.29) is 12.5 Å². The van der Waals surface area contributed by atoms with Gasteiger partial charge >= 0.3 is 0 Å². The maximum atomic E-state index is 12.4. The smallest absolute Gasteiger partial charge is 0.258 e. The molecule has 0 atom stereocenters. The van der Waals surface area contributed by atoms with Crippen molar-refractivity contribution in [2.45, 2.75) is 6.54 Å². The van der Waals surface area contributed by atoms with E-state index in [0.29, 0.717) is 39.4 Å². The van der Waals surface area contributed by atoms with Crippen molar-refractivity contribution >= 4 is 17.5 Å². The van der Waals surface area contributed by atoms with E-state index in [1.807, 2.05) is 6.07 Å². The predicted octanol–water partition coefficient (Wildman–Crippen LogP) is 3.34. The number of methoxy groups -OCH3 is 2. The third-order valence-electron chi connectivity index (χ3n) is 3.60. The Bertz CT molecular complexity index is 926. The average molecular weight is 374 g/mol. The number of amides is 1. The van der Waals surface area contributed by atoms with E-state index in [0.717, 1.165) is 0 Å². The van der Waals surface area contributed by atoms with Crippen molar-refractivity contribution in [3.8, 4) is 23.0 Å². The van der Waals surface area contributed by atoms with E-state index in [4.69, 9.17) is 25.6 Å². The minimum atomic E-state index is -0.321. The molecule has 3 aromatic rings. The summed E-state index contributed by atoms with van der Waals surface area (Å²) < 4.78 is 15.6. The van der Waals surface area contributed by atoms with Crippen molar-refractivity contribution in [2.24, 2.45) is 0 Å². The molecule has 134 valence electrons. The summed E-state index contributed by atoms with van der Waals surface area (Å²) >= 11 is 5.95. The van der Waals surface area contributed by atoms with Crippen LogP contribution in [-0.4, -0.2) is 30.3 Å². The van der Waals surface area contributed by atoms with E-state index in [1.165, 1.54) is 7.11 Å². The van der Waals surface area contributed by atoms with Crippen molar-refractivity contribution in [2.75, 3.05) is 14.2 Å². The van der Waals surface area contributed by atoms with Crippen LogP contribution in [0.5, 0.6) is 11.5 Å². The largest absolute Gasteiger partial charge is 0.497 e. The fourth-order valence-corrected chi connectivity index (χ4v) is 2.50. The minimum absolute atomic E-state index is 0.109. The molecule has 7 nitrogen and oxygen atoms in total. The normalized spacial score (nSPS) is 10.4. The van der Waals surface area contributed by atoms with E-state index in [9.17, 15) is 4.79 Å². The number of nitrogens with zero attached hydrogens (tertiary/aromatic N) is 2. The van der Waals surface area contributed by atoms with Crippen LogP contribution in [0, 0.1) is 0 Å². The summed E-state index contributed by atoms with van der Waals surface area (Å²) in [5.41, 5.74) is 1.09. The summed E-state index contributed by atoms with van der Waals surface area (Å²) in [5.74, 6) is 1.37. The van der Waals surface area contributed by atoms with Crippen LogP contribution in [0.1, 0.15) is 16.2 Å². The molecule has 0 aliphatic heterocycles. The van der Waals surface area contributed by atoms with E-state index in [1.54, 1.807) is 43.5 Å². The summed E-state index contributed by atoms with van der Waals surface area (Å²) in [6, 6.07) is 12.0. The number of rotatable bonds is 6. The predicted molar refractivity (Wildman–Crippen MR) is 95.5 cm³/mol. The third-order valence-corrected chi connectivity index (χ3v) is 3.84. The lowest BCUT2D eigenvalue weighted by Gasteiger charge is -2.09. The zero-order chi connectivity index (χ0) is 18.5. The van der Waals surface area contributed by atoms with Gasteiger partial charge in [-0.15, -0.1) is 0 Å². The van der Waals surface area contributed by atoms with Gasteiger partial charge in [0.2, 0.25) is 0 Å². The monoisotopic (exact) mass is 373 g/mol. The number of carbonyl (C=O) groups excluding carboxylic acids is 1. The van der Waals surface area contributed by atoms with Crippen LogP contribution >= 0.6 is 11.6 Å². The Labute approximate surface area is 154 Å². The Morgan fingerprint density at radius 2 is 2.04 bits per heavy atom. The number of aromatic nitrogens is 2. The summed E-state index contributed by atoms with van der Waals surface area (Å²) in [5, 5.41) is 7.17. The molecule has 1 heterocycles. The van der Waals surface area contributed by atoms with Gasteiger partial charge < -0.3 is 19.3 Å². The van der Waals surface area contributed by atoms with Gasteiger partial charge in [0.15, 0.2) is 5.82 Å². The molecule has 0 bridgehead atoms. The van der Waals surface area contributed by atoms with Gasteiger partial charge in [-0.25, -0.2) is 0 Å². The Kier molecular flexibility index (Phi) is 5.38. The molecular formula is C18H16ClN3O4. The molecule has 0 unspecified atom stereocenters. The molecule has 0 radical (unpaired) electrons. The Morgan fingerprint density at radius 1 is 1.19 bits per heavy atom. The van der Waals surface area contributed by atoms with Crippen LogP contribution in [0.3, 0.4) is 0 Å². The summed E-state index contributed by atoms with van der Waals surface area (Å²) in [7, 11) is 3.03. The first kappa shape index (κ1) is 17.8. The zero-order valence-corrected chi connectivity index (χ0v) is 14.9. The van der Waals surface area contributed by atoms with Crippen LogP contribution in [-0.2, 0) is 6.54 Å². The number of benzene rings is 2.